The molecule has 0 spiro atoms. The molecule has 0 radical (unpaired) electrons. The molecule has 0 bridgehead atoms. The lowest BCUT2D eigenvalue weighted by molar-refractivity contribution is -0.113. The molecule has 0 saturated carbocycles. The highest BCUT2D eigenvalue weighted by Crippen LogP contribution is 2.29. The van der Waals surface area contributed by atoms with Crippen molar-refractivity contribution in [2.75, 3.05) is 11.1 Å². The molecule has 152 valence electrons. The highest BCUT2D eigenvalue weighted by Gasteiger charge is 2.18. The fraction of sp³-hybridized carbons (Fsp3) is 0.333. The van der Waals surface area contributed by atoms with Crippen molar-refractivity contribution in [1.82, 2.24) is 14.1 Å². The number of hydrogen-bond acceptors (Lipinski definition) is 5. The van der Waals surface area contributed by atoms with Crippen molar-refractivity contribution < 1.29 is 4.79 Å². The normalized spacial score (nSPS) is 11.0. The molecular weight excluding hydrogens is 388 g/mol. The first kappa shape index (κ1) is 20.9. The Labute approximate surface area is 172 Å². The lowest BCUT2D eigenvalue weighted by Gasteiger charge is -2.14. The summed E-state index contributed by atoms with van der Waals surface area (Å²) in [4.78, 5) is 42.6. The number of pyridine rings is 1. The van der Waals surface area contributed by atoms with E-state index in [1.807, 2.05) is 38.1 Å². The molecule has 1 amide bonds. The molecule has 0 aliphatic heterocycles. The van der Waals surface area contributed by atoms with Crippen molar-refractivity contribution >= 4 is 34.4 Å². The van der Waals surface area contributed by atoms with Gasteiger partial charge in [0.2, 0.25) is 5.91 Å². The molecule has 0 aliphatic rings. The number of fused-ring (bicyclic) bond motifs is 1. The summed E-state index contributed by atoms with van der Waals surface area (Å²) >= 11 is 1.30. The van der Waals surface area contributed by atoms with E-state index in [1.165, 1.54) is 23.4 Å². The molecule has 7 nitrogen and oxygen atoms in total. The topological polar surface area (TPSA) is 86.0 Å². The van der Waals surface area contributed by atoms with Crippen LogP contribution >= 0.6 is 11.8 Å². The average molecular weight is 413 g/mol. The predicted octanol–water partition coefficient (Wildman–Crippen LogP) is 2.62. The summed E-state index contributed by atoms with van der Waals surface area (Å²) in [5.41, 5.74) is 2.27. The second-order valence-corrected chi connectivity index (χ2v) is 7.96. The van der Waals surface area contributed by atoms with E-state index in [9.17, 15) is 14.4 Å². The van der Waals surface area contributed by atoms with Gasteiger partial charge in [-0.05, 0) is 31.0 Å². The van der Waals surface area contributed by atoms with Crippen molar-refractivity contribution in [2.24, 2.45) is 14.1 Å². The van der Waals surface area contributed by atoms with Crippen LogP contribution in [0.15, 0.2) is 44.9 Å². The Morgan fingerprint density at radius 2 is 1.83 bits per heavy atom. The average Bonchev–Trinajstić information content (AvgIpc) is 2.71. The van der Waals surface area contributed by atoms with Gasteiger partial charge in [0.1, 0.15) is 5.65 Å². The summed E-state index contributed by atoms with van der Waals surface area (Å²) in [5.74, 6) is -0.0108. The van der Waals surface area contributed by atoms with E-state index in [1.54, 1.807) is 13.2 Å². The summed E-state index contributed by atoms with van der Waals surface area (Å²) in [6.07, 6.45) is 3.31. The Balaban J connectivity index is 1.97. The SMILES string of the molecule is CCCc1cnc2c(c1SCC(=O)Nc1ccc(C)cc1)c(=O)n(C)c(=O)n2C. The van der Waals surface area contributed by atoms with Crippen LogP contribution in [-0.4, -0.2) is 25.8 Å². The molecule has 0 atom stereocenters. The van der Waals surface area contributed by atoms with E-state index >= 15 is 0 Å². The van der Waals surface area contributed by atoms with E-state index < -0.39 is 11.2 Å². The number of carbonyl (C=O) groups is 1. The minimum atomic E-state index is -0.425. The van der Waals surface area contributed by atoms with Crippen LogP contribution in [0.5, 0.6) is 0 Å². The number of rotatable bonds is 6. The Morgan fingerprint density at radius 1 is 1.14 bits per heavy atom. The van der Waals surface area contributed by atoms with Gasteiger partial charge in [-0.1, -0.05) is 31.0 Å². The number of aryl methyl sites for hydroxylation is 3. The van der Waals surface area contributed by atoms with Crippen molar-refractivity contribution in [3.63, 3.8) is 0 Å². The molecular formula is C21H24N4O3S. The molecule has 29 heavy (non-hydrogen) atoms. The van der Waals surface area contributed by atoms with Crippen LogP contribution in [0.1, 0.15) is 24.5 Å². The van der Waals surface area contributed by atoms with Gasteiger partial charge in [0.05, 0.1) is 11.1 Å². The molecule has 3 rings (SSSR count). The molecule has 0 saturated heterocycles. The quantitative estimate of drug-likeness (QED) is 0.629. The highest BCUT2D eigenvalue weighted by atomic mass is 32.2. The third-order valence-electron chi connectivity index (χ3n) is 4.70. The van der Waals surface area contributed by atoms with Crippen LogP contribution in [0.3, 0.4) is 0 Å². The number of carbonyl (C=O) groups excluding carboxylic acids is 1. The Kier molecular flexibility index (Phi) is 6.22. The third kappa shape index (κ3) is 4.27. The van der Waals surface area contributed by atoms with Gasteiger partial charge in [-0.15, -0.1) is 11.8 Å². The molecule has 1 aromatic carbocycles. The molecule has 0 fully saturated rings. The number of nitrogens with zero attached hydrogens (tertiary/aromatic N) is 3. The van der Waals surface area contributed by atoms with Crippen molar-refractivity contribution in [3.8, 4) is 0 Å². The van der Waals surface area contributed by atoms with Crippen LogP contribution in [0.2, 0.25) is 0 Å². The van der Waals surface area contributed by atoms with Gasteiger partial charge >= 0.3 is 5.69 Å². The van der Waals surface area contributed by atoms with Crippen LogP contribution < -0.4 is 16.6 Å². The second kappa shape index (κ2) is 8.65. The van der Waals surface area contributed by atoms with Gasteiger partial charge in [0.25, 0.3) is 5.56 Å². The fourth-order valence-corrected chi connectivity index (χ4v) is 4.14. The van der Waals surface area contributed by atoms with E-state index in [0.29, 0.717) is 15.9 Å². The van der Waals surface area contributed by atoms with Crippen LogP contribution in [0.25, 0.3) is 11.0 Å². The number of benzene rings is 1. The summed E-state index contributed by atoms with van der Waals surface area (Å²) < 4.78 is 2.44. The van der Waals surface area contributed by atoms with Gasteiger partial charge in [-0.2, -0.15) is 0 Å². The maximum atomic E-state index is 12.8. The van der Waals surface area contributed by atoms with Gasteiger partial charge in [0, 0.05) is 30.9 Å². The van der Waals surface area contributed by atoms with Gasteiger partial charge < -0.3 is 5.32 Å². The fourth-order valence-electron chi connectivity index (χ4n) is 3.13. The first-order valence-corrected chi connectivity index (χ1v) is 10.4. The standard InChI is InChI=1S/C21H24N4O3S/c1-5-6-14-11-22-19-17(20(27)25(4)21(28)24(19)3)18(14)29-12-16(26)23-15-9-7-13(2)8-10-15/h7-11H,5-6,12H2,1-4H3,(H,23,26). The lowest BCUT2D eigenvalue weighted by atomic mass is 10.1. The number of anilines is 1. The molecule has 8 heteroatoms. The van der Waals surface area contributed by atoms with Crippen LogP contribution in [0.4, 0.5) is 5.69 Å². The zero-order valence-electron chi connectivity index (χ0n) is 17.0. The Morgan fingerprint density at radius 3 is 2.48 bits per heavy atom. The smallest absolute Gasteiger partial charge is 0.325 e. The summed E-state index contributed by atoms with van der Waals surface area (Å²) in [6.45, 7) is 4.03. The van der Waals surface area contributed by atoms with Crippen LogP contribution in [0, 0.1) is 6.92 Å². The highest BCUT2D eigenvalue weighted by molar-refractivity contribution is 8.00. The molecule has 0 unspecified atom stereocenters. The Bertz CT molecular complexity index is 1180. The summed E-state index contributed by atoms with van der Waals surface area (Å²) in [5, 5.41) is 3.25. The maximum absolute atomic E-state index is 12.8. The first-order valence-electron chi connectivity index (χ1n) is 9.40. The Hall–Kier alpha value is -2.87. The number of hydrogen-bond donors (Lipinski definition) is 1. The van der Waals surface area contributed by atoms with Gasteiger partial charge in [-0.3, -0.25) is 18.7 Å². The minimum absolute atomic E-state index is 0.149. The third-order valence-corrected chi connectivity index (χ3v) is 5.86. The molecule has 2 aromatic heterocycles. The number of aromatic nitrogens is 3. The minimum Gasteiger partial charge on any atom is -0.325 e. The van der Waals surface area contributed by atoms with Gasteiger partial charge in [0.15, 0.2) is 0 Å². The molecule has 3 aromatic rings. The predicted molar refractivity (Wildman–Crippen MR) is 117 cm³/mol. The van der Waals surface area contributed by atoms with E-state index in [4.69, 9.17) is 0 Å². The summed E-state index contributed by atoms with van der Waals surface area (Å²) in [6, 6.07) is 7.58. The second-order valence-electron chi connectivity index (χ2n) is 6.97. The van der Waals surface area contributed by atoms with E-state index in [2.05, 4.69) is 10.3 Å². The van der Waals surface area contributed by atoms with E-state index in [-0.39, 0.29) is 11.7 Å². The number of amides is 1. The van der Waals surface area contributed by atoms with Crippen molar-refractivity contribution in [3.05, 3.63) is 62.4 Å². The summed E-state index contributed by atoms with van der Waals surface area (Å²) in [7, 11) is 3.05. The van der Waals surface area contributed by atoms with Crippen molar-refractivity contribution in [1.29, 1.82) is 0 Å². The first-order chi connectivity index (χ1) is 13.8. The lowest BCUT2D eigenvalue weighted by Crippen LogP contribution is -2.37. The van der Waals surface area contributed by atoms with Crippen LogP contribution in [-0.2, 0) is 25.3 Å². The number of thioether (sulfide) groups is 1. The van der Waals surface area contributed by atoms with E-state index in [0.717, 1.165) is 34.2 Å². The number of nitrogens with one attached hydrogen (secondary N) is 1. The molecule has 1 N–H and O–H groups in total. The molecule has 0 aliphatic carbocycles. The van der Waals surface area contributed by atoms with Gasteiger partial charge in [-0.25, -0.2) is 9.78 Å². The molecule has 2 heterocycles. The monoisotopic (exact) mass is 412 g/mol. The zero-order valence-corrected chi connectivity index (χ0v) is 17.8. The zero-order chi connectivity index (χ0) is 21.1. The van der Waals surface area contributed by atoms with Crippen molar-refractivity contribution in [2.45, 2.75) is 31.6 Å². The maximum Gasteiger partial charge on any atom is 0.332 e. The largest absolute Gasteiger partial charge is 0.332 e.